The minimum absolute atomic E-state index is 0.916. The van der Waals surface area contributed by atoms with Gasteiger partial charge in [0.15, 0.2) is 0 Å². The van der Waals surface area contributed by atoms with Gasteiger partial charge in [0.1, 0.15) is 0 Å². The van der Waals surface area contributed by atoms with Crippen molar-refractivity contribution in [2.45, 2.75) is 19.4 Å². The first-order chi connectivity index (χ1) is 7.64. The SMILES string of the molecule is C=C(C)[Si](CCc1ccccc1)(OC)OC. The van der Waals surface area contributed by atoms with Gasteiger partial charge in [0, 0.05) is 14.2 Å². The van der Waals surface area contributed by atoms with Crippen LogP contribution < -0.4 is 0 Å². The predicted octanol–water partition coefficient (Wildman–Crippen LogP) is 3.08. The van der Waals surface area contributed by atoms with Gasteiger partial charge in [0.05, 0.1) is 0 Å². The van der Waals surface area contributed by atoms with Gasteiger partial charge >= 0.3 is 8.56 Å². The summed E-state index contributed by atoms with van der Waals surface area (Å²) in [5.41, 5.74) is 1.31. The maximum Gasteiger partial charge on any atom is 0.367 e. The summed E-state index contributed by atoms with van der Waals surface area (Å²) >= 11 is 0. The van der Waals surface area contributed by atoms with E-state index in [0.717, 1.165) is 17.7 Å². The van der Waals surface area contributed by atoms with Crippen LogP contribution in [0, 0.1) is 0 Å². The van der Waals surface area contributed by atoms with Crippen molar-refractivity contribution in [2.24, 2.45) is 0 Å². The number of benzene rings is 1. The zero-order chi connectivity index (χ0) is 12.0. The van der Waals surface area contributed by atoms with E-state index in [4.69, 9.17) is 8.85 Å². The molecule has 0 fully saturated rings. The van der Waals surface area contributed by atoms with Crippen molar-refractivity contribution < 1.29 is 8.85 Å². The Bertz CT molecular complexity index is 331. The summed E-state index contributed by atoms with van der Waals surface area (Å²) in [7, 11) is 1.24. The molecule has 1 aromatic rings. The highest BCUT2D eigenvalue weighted by Gasteiger charge is 2.36. The fourth-order valence-corrected chi connectivity index (χ4v) is 4.12. The minimum atomic E-state index is -2.20. The molecule has 0 unspecified atom stereocenters. The molecule has 0 radical (unpaired) electrons. The third kappa shape index (κ3) is 3.04. The molecule has 0 aliphatic rings. The van der Waals surface area contributed by atoms with Gasteiger partial charge in [-0.2, -0.15) is 0 Å². The highest BCUT2D eigenvalue weighted by molar-refractivity contribution is 6.74. The van der Waals surface area contributed by atoms with Crippen molar-refractivity contribution in [3.63, 3.8) is 0 Å². The molecule has 0 aromatic heterocycles. The predicted molar refractivity (Wildman–Crippen MR) is 69.5 cm³/mol. The minimum Gasteiger partial charge on any atom is -0.395 e. The van der Waals surface area contributed by atoms with E-state index < -0.39 is 8.56 Å². The van der Waals surface area contributed by atoms with Crippen LogP contribution in [0.25, 0.3) is 0 Å². The molecular formula is C13H20O2Si. The lowest BCUT2D eigenvalue weighted by Gasteiger charge is -2.27. The van der Waals surface area contributed by atoms with Crippen LogP contribution >= 0.6 is 0 Å². The van der Waals surface area contributed by atoms with Crippen LogP contribution in [0.5, 0.6) is 0 Å². The summed E-state index contributed by atoms with van der Waals surface area (Å²) in [5.74, 6) is 0. The van der Waals surface area contributed by atoms with Crippen molar-refractivity contribution in [2.75, 3.05) is 14.2 Å². The molecule has 0 saturated carbocycles. The third-order valence-electron chi connectivity index (χ3n) is 2.90. The Morgan fingerprint density at radius 3 is 2.19 bits per heavy atom. The number of hydrogen-bond donors (Lipinski definition) is 0. The van der Waals surface area contributed by atoms with Crippen molar-refractivity contribution >= 4 is 8.56 Å². The molecule has 16 heavy (non-hydrogen) atoms. The normalized spacial score (nSPS) is 11.4. The molecule has 0 amide bonds. The van der Waals surface area contributed by atoms with Gasteiger partial charge in [0.2, 0.25) is 0 Å². The van der Waals surface area contributed by atoms with E-state index in [1.807, 2.05) is 13.0 Å². The maximum atomic E-state index is 5.59. The average molecular weight is 236 g/mol. The topological polar surface area (TPSA) is 18.5 Å². The molecule has 0 aliphatic heterocycles. The summed E-state index contributed by atoms with van der Waals surface area (Å²) in [5, 5.41) is 1.04. The number of hydrogen-bond acceptors (Lipinski definition) is 2. The molecule has 0 saturated heterocycles. The Kier molecular flexibility index (Phi) is 4.93. The molecule has 3 heteroatoms. The molecule has 0 bridgehead atoms. The molecule has 0 atom stereocenters. The highest BCUT2D eigenvalue weighted by Crippen LogP contribution is 2.22. The first-order valence-electron chi connectivity index (χ1n) is 5.45. The van der Waals surface area contributed by atoms with Crippen LogP contribution in [0.1, 0.15) is 12.5 Å². The van der Waals surface area contributed by atoms with Gasteiger partial charge in [0.25, 0.3) is 0 Å². The Hall–Kier alpha value is -0.903. The highest BCUT2D eigenvalue weighted by atomic mass is 28.4. The lowest BCUT2D eigenvalue weighted by atomic mass is 10.2. The van der Waals surface area contributed by atoms with E-state index in [1.54, 1.807) is 14.2 Å². The van der Waals surface area contributed by atoms with Gasteiger partial charge in [-0.25, -0.2) is 0 Å². The largest absolute Gasteiger partial charge is 0.395 e. The fourth-order valence-electron chi connectivity index (χ4n) is 1.80. The molecule has 0 heterocycles. The van der Waals surface area contributed by atoms with Gasteiger partial charge < -0.3 is 8.85 Å². The van der Waals surface area contributed by atoms with Crippen molar-refractivity contribution in [3.8, 4) is 0 Å². The van der Waals surface area contributed by atoms with Gasteiger partial charge in [-0.15, -0.1) is 0 Å². The summed E-state index contributed by atoms with van der Waals surface area (Å²) in [6.07, 6.45) is 0.974. The van der Waals surface area contributed by atoms with E-state index in [2.05, 4.69) is 30.8 Å². The molecule has 1 rings (SSSR count). The van der Waals surface area contributed by atoms with Gasteiger partial charge in [-0.05, 0) is 30.1 Å². The monoisotopic (exact) mass is 236 g/mol. The van der Waals surface area contributed by atoms with Crippen LogP contribution in [0.3, 0.4) is 0 Å². The lowest BCUT2D eigenvalue weighted by Crippen LogP contribution is -2.42. The van der Waals surface area contributed by atoms with Crippen molar-refractivity contribution in [3.05, 3.63) is 47.7 Å². The van der Waals surface area contributed by atoms with E-state index in [0.29, 0.717) is 0 Å². The van der Waals surface area contributed by atoms with Crippen molar-refractivity contribution in [1.82, 2.24) is 0 Å². The standard InChI is InChI=1S/C13H20O2Si/c1-12(2)16(14-3,15-4)11-10-13-8-6-5-7-9-13/h5-9H,1,10-11H2,2-4H3. The first kappa shape index (κ1) is 13.2. The van der Waals surface area contributed by atoms with Crippen LogP contribution in [0.2, 0.25) is 6.04 Å². The summed E-state index contributed by atoms with van der Waals surface area (Å²) < 4.78 is 11.2. The van der Waals surface area contributed by atoms with E-state index >= 15 is 0 Å². The van der Waals surface area contributed by atoms with Crippen LogP contribution in [0.4, 0.5) is 0 Å². The Balaban J connectivity index is 2.67. The molecular weight excluding hydrogens is 216 g/mol. The zero-order valence-electron chi connectivity index (χ0n) is 10.3. The lowest BCUT2D eigenvalue weighted by molar-refractivity contribution is 0.252. The smallest absolute Gasteiger partial charge is 0.367 e. The summed E-state index contributed by atoms with van der Waals surface area (Å²) in [6.45, 7) is 5.98. The second-order valence-corrected chi connectivity index (χ2v) is 7.60. The van der Waals surface area contributed by atoms with E-state index in [1.165, 1.54) is 5.56 Å². The first-order valence-corrected chi connectivity index (χ1v) is 7.47. The fraction of sp³-hybridized carbons (Fsp3) is 0.385. The van der Waals surface area contributed by atoms with Crippen LogP contribution in [0.15, 0.2) is 42.1 Å². The molecule has 2 nitrogen and oxygen atoms in total. The second-order valence-electron chi connectivity index (χ2n) is 3.93. The Labute approximate surface area is 99.2 Å². The second kappa shape index (κ2) is 5.99. The molecule has 0 N–H and O–H groups in total. The maximum absolute atomic E-state index is 5.59. The van der Waals surface area contributed by atoms with E-state index in [9.17, 15) is 0 Å². The summed E-state index contributed by atoms with van der Waals surface area (Å²) in [6, 6.07) is 11.3. The summed E-state index contributed by atoms with van der Waals surface area (Å²) in [4.78, 5) is 0. The number of allylic oxidation sites excluding steroid dienone is 1. The van der Waals surface area contributed by atoms with Crippen LogP contribution in [-0.2, 0) is 15.3 Å². The molecule has 88 valence electrons. The Morgan fingerprint density at radius 1 is 1.19 bits per heavy atom. The van der Waals surface area contributed by atoms with E-state index in [-0.39, 0.29) is 0 Å². The Morgan fingerprint density at radius 2 is 1.75 bits per heavy atom. The molecule has 0 spiro atoms. The molecule has 0 aliphatic carbocycles. The van der Waals surface area contributed by atoms with Crippen LogP contribution in [-0.4, -0.2) is 22.8 Å². The molecule has 1 aromatic carbocycles. The number of rotatable bonds is 6. The average Bonchev–Trinajstić information content (AvgIpc) is 2.32. The third-order valence-corrected chi connectivity index (χ3v) is 6.42. The van der Waals surface area contributed by atoms with Gasteiger partial charge in [-0.1, -0.05) is 36.9 Å². The van der Waals surface area contributed by atoms with Gasteiger partial charge in [-0.3, -0.25) is 0 Å². The number of aryl methyl sites for hydroxylation is 1. The quantitative estimate of drug-likeness (QED) is 0.707. The van der Waals surface area contributed by atoms with Crippen molar-refractivity contribution in [1.29, 1.82) is 0 Å². The zero-order valence-corrected chi connectivity index (χ0v) is 11.3.